The first-order chi connectivity index (χ1) is 10.9. The molecule has 3 rings (SSSR count). The molecule has 0 fully saturated rings. The first-order valence-corrected chi connectivity index (χ1v) is 8.19. The van der Waals surface area contributed by atoms with E-state index in [-0.39, 0.29) is 0 Å². The fourth-order valence-corrected chi connectivity index (χ4v) is 2.98. The molecule has 0 aliphatic heterocycles. The molecule has 0 radical (unpaired) electrons. The van der Waals surface area contributed by atoms with Gasteiger partial charge in [-0.2, -0.15) is 0 Å². The number of hydrogen-bond donors (Lipinski definition) is 1. The molecule has 0 bridgehead atoms. The lowest BCUT2D eigenvalue weighted by molar-refractivity contribution is 0.0739. The Morgan fingerprint density at radius 3 is 2.43 bits per heavy atom. The molecule has 0 saturated carbocycles. The number of benzene rings is 1. The molecule has 1 N–H and O–H groups in total. The molecule has 23 heavy (non-hydrogen) atoms. The molecule has 1 aromatic carbocycles. The molecule has 0 spiro atoms. The summed E-state index contributed by atoms with van der Waals surface area (Å²) in [6.07, 6.45) is 3.11. The maximum atomic E-state index is 9.97. The van der Waals surface area contributed by atoms with Gasteiger partial charge in [-0.15, -0.1) is 0 Å². The van der Waals surface area contributed by atoms with E-state index in [1.807, 2.05) is 30.3 Å². The maximum Gasteiger partial charge on any atom is 0.193 e. The molecule has 0 saturated heterocycles. The Kier molecular flexibility index (Phi) is 4.43. The van der Waals surface area contributed by atoms with Crippen molar-refractivity contribution >= 4 is 23.4 Å². The minimum absolute atomic E-state index is 0.608. The van der Waals surface area contributed by atoms with E-state index in [0.717, 1.165) is 16.2 Å². The topological polar surface area (TPSA) is 59.2 Å². The molecule has 6 heteroatoms. The Balaban J connectivity index is 1.87. The van der Waals surface area contributed by atoms with Gasteiger partial charge in [-0.25, -0.2) is 4.98 Å². The van der Waals surface area contributed by atoms with Crippen LogP contribution < -0.4 is 0 Å². The Bertz CT molecular complexity index is 793. The van der Waals surface area contributed by atoms with Crippen LogP contribution in [0, 0.1) is 0 Å². The van der Waals surface area contributed by atoms with Crippen molar-refractivity contribution in [1.29, 1.82) is 0 Å². The third kappa shape index (κ3) is 3.75. The first-order valence-electron chi connectivity index (χ1n) is 7.00. The zero-order chi connectivity index (χ0) is 16.4. The number of hydrogen-bond acceptors (Lipinski definition) is 5. The number of oxazole rings is 1. The molecular formula is C17H15ClN2O2S. The van der Waals surface area contributed by atoms with Gasteiger partial charge in [-0.05, 0) is 62.0 Å². The van der Waals surface area contributed by atoms with E-state index in [1.165, 1.54) is 18.2 Å². The largest absolute Gasteiger partial charge is 0.436 e. The van der Waals surface area contributed by atoms with E-state index >= 15 is 0 Å². The predicted octanol–water partition coefficient (Wildman–Crippen LogP) is 4.77. The van der Waals surface area contributed by atoms with Gasteiger partial charge in [0, 0.05) is 21.7 Å². The first kappa shape index (κ1) is 16.1. The minimum atomic E-state index is -0.969. The lowest BCUT2D eigenvalue weighted by atomic mass is 10.0. The van der Waals surface area contributed by atoms with Crippen LogP contribution in [-0.4, -0.2) is 15.1 Å². The molecule has 118 valence electrons. The van der Waals surface area contributed by atoms with Crippen LogP contribution in [0.1, 0.15) is 19.5 Å². The predicted molar refractivity (Wildman–Crippen MR) is 90.6 cm³/mol. The van der Waals surface area contributed by atoms with Crippen molar-refractivity contribution in [3.8, 4) is 11.3 Å². The molecule has 2 heterocycles. The molecule has 0 amide bonds. The summed E-state index contributed by atoms with van der Waals surface area (Å²) in [6, 6.07) is 11.2. The van der Waals surface area contributed by atoms with E-state index in [1.54, 1.807) is 26.1 Å². The lowest BCUT2D eigenvalue weighted by Gasteiger charge is -2.16. The highest BCUT2D eigenvalue weighted by Crippen LogP contribution is 2.35. The lowest BCUT2D eigenvalue weighted by Crippen LogP contribution is -2.17. The highest BCUT2D eigenvalue weighted by atomic mass is 35.5. The Hall–Kier alpha value is -1.82. The standard InChI is InChI=1S/C17H15ClN2O2S/c1-17(2,21)14-8-3-11(9-19-14)15-16(22-10-20-15)23-13-6-4-12(18)5-7-13/h3-10,21H,1-2H3. The molecule has 0 atom stereocenters. The van der Waals surface area contributed by atoms with E-state index < -0.39 is 5.60 Å². The van der Waals surface area contributed by atoms with Crippen molar-refractivity contribution < 1.29 is 9.52 Å². The van der Waals surface area contributed by atoms with E-state index in [0.29, 0.717) is 15.8 Å². The van der Waals surface area contributed by atoms with Crippen LogP contribution in [-0.2, 0) is 5.60 Å². The van der Waals surface area contributed by atoms with Crippen LogP contribution in [0.5, 0.6) is 0 Å². The molecule has 0 aliphatic rings. The summed E-state index contributed by atoms with van der Waals surface area (Å²) in [6.45, 7) is 3.40. The van der Waals surface area contributed by atoms with Gasteiger partial charge in [0.25, 0.3) is 0 Å². The summed E-state index contributed by atoms with van der Waals surface area (Å²) in [5.74, 6) is 0. The van der Waals surface area contributed by atoms with Crippen LogP contribution in [0.2, 0.25) is 5.02 Å². The highest BCUT2D eigenvalue weighted by Gasteiger charge is 2.19. The Labute approximate surface area is 143 Å². The number of halogens is 1. The number of rotatable bonds is 4. The van der Waals surface area contributed by atoms with E-state index in [2.05, 4.69) is 9.97 Å². The average molecular weight is 347 g/mol. The smallest absolute Gasteiger partial charge is 0.193 e. The molecule has 4 nitrogen and oxygen atoms in total. The molecule has 2 aromatic heterocycles. The normalized spacial score (nSPS) is 11.7. The third-order valence-corrected chi connectivity index (χ3v) is 4.46. The van der Waals surface area contributed by atoms with Crippen LogP contribution in [0.25, 0.3) is 11.3 Å². The molecule has 3 aromatic rings. The number of nitrogens with zero attached hydrogens (tertiary/aromatic N) is 2. The Morgan fingerprint density at radius 2 is 1.83 bits per heavy atom. The molecule has 0 unspecified atom stereocenters. The van der Waals surface area contributed by atoms with Crippen LogP contribution in [0.3, 0.4) is 0 Å². The van der Waals surface area contributed by atoms with E-state index in [4.69, 9.17) is 16.0 Å². The highest BCUT2D eigenvalue weighted by molar-refractivity contribution is 7.99. The second-order valence-corrected chi connectivity index (χ2v) is 7.02. The van der Waals surface area contributed by atoms with Crippen molar-refractivity contribution in [3.05, 3.63) is 59.7 Å². The van der Waals surface area contributed by atoms with Crippen LogP contribution in [0.15, 0.2) is 63.4 Å². The quantitative estimate of drug-likeness (QED) is 0.737. The number of pyridine rings is 1. The average Bonchev–Trinajstić information content (AvgIpc) is 2.97. The van der Waals surface area contributed by atoms with Gasteiger partial charge in [0.05, 0.1) is 5.69 Å². The van der Waals surface area contributed by atoms with Gasteiger partial charge in [0.2, 0.25) is 0 Å². The van der Waals surface area contributed by atoms with Gasteiger partial charge >= 0.3 is 0 Å². The summed E-state index contributed by atoms with van der Waals surface area (Å²) >= 11 is 7.37. The fraction of sp³-hybridized carbons (Fsp3) is 0.176. The van der Waals surface area contributed by atoms with Crippen LogP contribution in [0.4, 0.5) is 0 Å². The maximum absolute atomic E-state index is 9.97. The minimum Gasteiger partial charge on any atom is -0.436 e. The Morgan fingerprint density at radius 1 is 1.09 bits per heavy atom. The second kappa shape index (κ2) is 6.35. The second-order valence-electron chi connectivity index (χ2n) is 5.54. The SMILES string of the molecule is CC(C)(O)c1ccc(-c2ncoc2Sc2ccc(Cl)cc2)cn1. The monoisotopic (exact) mass is 346 g/mol. The zero-order valence-corrected chi connectivity index (χ0v) is 14.2. The van der Waals surface area contributed by atoms with Crippen molar-refractivity contribution in [2.45, 2.75) is 29.4 Å². The van der Waals surface area contributed by atoms with Crippen molar-refractivity contribution in [2.75, 3.05) is 0 Å². The van der Waals surface area contributed by atoms with Gasteiger partial charge in [-0.1, -0.05) is 11.6 Å². The summed E-state index contributed by atoms with van der Waals surface area (Å²) in [5, 5.41) is 11.3. The van der Waals surface area contributed by atoms with Gasteiger partial charge in [-0.3, -0.25) is 4.98 Å². The summed E-state index contributed by atoms with van der Waals surface area (Å²) in [7, 11) is 0. The van der Waals surface area contributed by atoms with Crippen molar-refractivity contribution in [1.82, 2.24) is 9.97 Å². The molecule has 0 aliphatic carbocycles. The van der Waals surface area contributed by atoms with Crippen molar-refractivity contribution in [2.24, 2.45) is 0 Å². The van der Waals surface area contributed by atoms with Crippen LogP contribution >= 0.6 is 23.4 Å². The number of aliphatic hydroxyl groups is 1. The van der Waals surface area contributed by atoms with E-state index in [9.17, 15) is 5.11 Å². The molecular weight excluding hydrogens is 332 g/mol. The fourth-order valence-electron chi connectivity index (χ4n) is 2.01. The third-order valence-electron chi connectivity index (χ3n) is 3.22. The van der Waals surface area contributed by atoms with Gasteiger partial charge in [0.15, 0.2) is 11.5 Å². The van der Waals surface area contributed by atoms with Crippen molar-refractivity contribution in [3.63, 3.8) is 0 Å². The summed E-state index contributed by atoms with van der Waals surface area (Å²) in [4.78, 5) is 9.59. The number of aromatic nitrogens is 2. The zero-order valence-electron chi connectivity index (χ0n) is 12.7. The van der Waals surface area contributed by atoms with Gasteiger partial charge < -0.3 is 9.52 Å². The summed E-state index contributed by atoms with van der Waals surface area (Å²) < 4.78 is 5.49. The summed E-state index contributed by atoms with van der Waals surface area (Å²) in [5.41, 5.74) is 1.20. The van der Waals surface area contributed by atoms with Gasteiger partial charge in [0.1, 0.15) is 11.3 Å².